The van der Waals surface area contributed by atoms with Crippen molar-refractivity contribution in [3.8, 4) is 0 Å². The number of anilines is 1. The largest absolute Gasteiger partial charge is 0.356 e. The van der Waals surface area contributed by atoms with Crippen molar-refractivity contribution < 1.29 is 0 Å². The van der Waals surface area contributed by atoms with Gasteiger partial charge in [-0.25, -0.2) is 4.98 Å². The molecule has 0 aliphatic heterocycles. The van der Waals surface area contributed by atoms with E-state index in [1.165, 1.54) is 43.6 Å². The number of hydrogen-bond donors (Lipinski definition) is 1. The van der Waals surface area contributed by atoms with Crippen molar-refractivity contribution in [1.29, 1.82) is 0 Å². The van der Waals surface area contributed by atoms with Gasteiger partial charge in [-0.2, -0.15) is 16.1 Å². The first-order chi connectivity index (χ1) is 7.86. The highest BCUT2D eigenvalue weighted by molar-refractivity contribution is 7.99. The molecule has 0 aromatic carbocycles. The smallest absolute Gasteiger partial charge is 0.202 e. The summed E-state index contributed by atoms with van der Waals surface area (Å²) >= 11 is 3.51. The third kappa shape index (κ3) is 2.20. The van der Waals surface area contributed by atoms with E-state index in [1.807, 2.05) is 11.8 Å². The molecule has 2 unspecified atom stereocenters. The molecule has 2 aliphatic rings. The zero-order chi connectivity index (χ0) is 11.0. The maximum atomic E-state index is 4.59. The standard InChI is InChI=1S/C11H17N3S2/c1-15-9-4-2-3-8(9)12-11-13-10(14-16-11)7-5-6-7/h7-9H,2-6H2,1H3,(H,12,13,14). The molecule has 88 valence electrons. The fourth-order valence-corrected chi connectivity index (χ4v) is 3.98. The normalized spacial score (nSPS) is 29.6. The molecule has 2 fully saturated rings. The zero-order valence-corrected chi connectivity index (χ0v) is 11.1. The summed E-state index contributed by atoms with van der Waals surface area (Å²) in [6.07, 6.45) is 8.74. The summed E-state index contributed by atoms with van der Waals surface area (Å²) in [4.78, 5) is 4.59. The SMILES string of the molecule is CSC1CCCC1Nc1nc(C2CC2)ns1. The maximum absolute atomic E-state index is 4.59. The van der Waals surface area contributed by atoms with Gasteiger partial charge in [0, 0.05) is 28.7 Å². The lowest BCUT2D eigenvalue weighted by atomic mass is 10.2. The van der Waals surface area contributed by atoms with Crippen LogP contribution in [0.15, 0.2) is 0 Å². The van der Waals surface area contributed by atoms with E-state index in [-0.39, 0.29) is 0 Å². The van der Waals surface area contributed by atoms with Crippen LogP contribution >= 0.6 is 23.3 Å². The van der Waals surface area contributed by atoms with E-state index in [0.29, 0.717) is 12.0 Å². The van der Waals surface area contributed by atoms with Crippen LogP contribution in [0.5, 0.6) is 0 Å². The summed E-state index contributed by atoms with van der Waals surface area (Å²) < 4.78 is 4.43. The molecule has 2 atom stereocenters. The van der Waals surface area contributed by atoms with Gasteiger partial charge in [0.05, 0.1) is 0 Å². The second-order valence-electron chi connectivity index (χ2n) is 4.69. The molecule has 1 N–H and O–H groups in total. The molecule has 3 nitrogen and oxygen atoms in total. The van der Waals surface area contributed by atoms with Crippen molar-refractivity contribution >= 4 is 28.4 Å². The topological polar surface area (TPSA) is 37.8 Å². The molecule has 1 aromatic heterocycles. The minimum atomic E-state index is 0.606. The van der Waals surface area contributed by atoms with Gasteiger partial charge in [0.1, 0.15) is 5.82 Å². The molecule has 5 heteroatoms. The Balaban J connectivity index is 1.63. The fraction of sp³-hybridized carbons (Fsp3) is 0.818. The lowest BCUT2D eigenvalue weighted by Crippen LogP contribution is -2.25. The van der Waals surface area contributed by atoms with Crippen LogP contribution in [-0.4, -0.2) is 26.9 Å². The molecule has 0 bridgehead atoms. The number of nitrogens with zero attached hydrogens (tertiary/aromatic N) is 2. The number of nitrogens with one attached hydrogen (secondary N) is 1. The van der Waals surface area contributed by atoms with Gasteiger partial charge >= 0.3 is 0 Å². The van der Waals surface area contributed by atoms with E-state index in [2.05, 4.69) is 20.9 Å². The minimum absolute atomic E-state index is 0.606. The fourth-order valence-electron chi connectivity index (χ4n) is 2.33. The lowest BCUT2D eigenvalue weighted by Gasteiger charge is -2.17. The lowest BCUT2D eigenvalue weighted by molar-refractivity contribution is 0.766. The quantitative estimate of drug-likeness (QED) is 0.897. The Morgan fingerprint density at radius 3 is 2.94 bits per heavy atom. The summed E-state index contributed by atoms with van der Waals surface area (Å²) in [7, 11) is 0. The highest BCUT2D eigenvalue weighted by Gasteiger charge is 2.30. The second-order valence-corrected chi connectivity index (χ2v) is 6.52. The van der Waals surface area contributed by atoms with Crippen molar-refractivity contribution in [1.82, 2.24) is 9.36 Å². The predicted octanol–water partition coefficient (Wildman–Crippen LogP) is 3.11. The van der Waals surface area contributed by atoms with E-state index in [1.54, 1.807) is 0 Å². The first kappa shape index (κ1) is 10.8. The molecular formula is C11H17N3S2. The summed E-state index contributed by atoms with van der Waals surface area (Å²) in [6, 6.07) is 0.606. The van der Waals surface area contributed by atoms with Crippen LogP contribution in [0.3, 0.4) is 0 Å². The molecule has 0 amide bonds. The van der Waals surface area contributed by atoms with Gasteiger partial charge in [-0.15, -0.1) is 0 Å². The Kier molecular flexibility index (Phi) is 3.07. The molecular weight excluding hydrogens is 238 g/mol. The first-order valence-electron chi connectivity index (χ1n) is 6.00. The van der Waals surface area contributed by atoms with Crippen LogP contribution in [-0.2, 0) is 0 Å². The Labute approximate surface area is 105 Å². The van der Waals surface area contributed by atoms with Gasteiger partial charge < -0.3 is 5.32 Å². The van der Waals surface area contributed by atoms with Gasteiger partial charge in [0.15, 0.2) is 0 Å². The Hall–Kier alpha value is -0.290. The Bertz CT molecular complexity index is 362. The molecule has 0 saturated heterocycles. The van der Waals surface area contributed by atoms with Crippen molar-refractivity contribution in [2.45, 2.75) is 49.3 Å². The van der Waals surface area contributed by atoms with Gasteiger partial charge in [0.2, 0.25) is 5.13 Å². The van der Waals surface area contributed by atoms with Gasteiger partial charge in [-0.3, -0.25) is 0 Å². The first-order valence-corrected chi connectivity index (χ1v) is 8.06. The van der Waals surface area contributed by atoms with E-state index in [0.717, 1.165) is 16.2 Å². The summed E-state index contributed by atoms with van der Waals surface area (Å²) in [5.41, 5.74) is 0. The number of rotatable bonds is 4. The molecule has 2 aliphatic carbocycles. The van der Waals surface area contributed by atoms with Crippen LogP contribution in [0.2, 0.25) is 0 Å². The zero-order valence-electron chi connectivity index (χ0n) is 9.48. The molecule has 3 rings (SSSR count). The number of hydrogen-bond acceptors (Lipinski definition) is 5. The van der Waals surface area contributed by atoms with Gasteiger partial charge in [-0.05, 0) is 31.9 Å². The third-order valence-electron chi connectivity index (χ3n) is 3.45. The van der Waals surface area contributed by atoms with Crippen molar-refractivity contribution in [2.75, 3.05) is 11.6 Å². The van der Waals surface area contributed by atoms with Gasteiger partial charge in [-0.1, -0.05) is 6.42 Å². The summed E-state index contributed by atoms with van der Waals surface area (Å²) in [6.45, 7) is 0. The molecule has 16 heavy (non-hydrogen) atoms. The summed E-state index contributed by atoms with van der Waals surface area (Å²) in [5.74, 6) is 1.75. The summed E-state index contributed by atoms with van der Waals surface area (Å²) in [5, 5.41) is 5.36. The Morgan fingerprint density at radius 2 is 2.19 bits per heavy atom. The van der Waals surface area contributed by atoms with Crippen LogP contribution in [0.25, 0.3) is 0 Å². The highest BCUT2D eigenvalue weighted by Crippen LogP contribution is 2.39. The predicted molar refractivity (Wildman–Crippen MR) is 70.4 cm³/mol. The number of thioether (sulfide) groups is 1. The third-order valence-corrected chi connectivity index (χ3v) is 5.28. The van der Waals surface area contributed by atoms with Crippen LogP contribution < -0.4 is 5.32 Å². The van der Waals surface area contributed by atoms with Crippen LogP contribution in [0, 0.1) is 0 Å². The second kappa shape index (κ2) is 4.53. The molecule has 2 saturated carbocycles. The maximum Gasteiger partial charge on any atom is 0.202 e. The monoisotopic (exact) mass is 255 g/mol. The Morgan fingerprint density at radius 1 is 1.31 bits per heavy atom. The molecule has 1 aromatic rings. The molecule has 0 radical (unpaired) electrons. The van der Waals surface area contributed by atoms with Crippen molar-refractivity contribution in [2.24, 2.45) is 0 Å². The van der Waals surface area contributed by atoms with E-state index in [4.69, 9.17) is 0 Å². The average Bonchev–Trinajstić information content (AvgIpc) is 2.88. The van der Waals surface area contributed by atoms with Crippen molar-refractivity contribution in [3.63, 3.8) is 0 Å². The van der Waals surface area contributed by atoms with Crippen LogP contribution in [0.4, 0.5) is 5.13 Å². The molecule has 0 spiro atoms. The average molecular weight is 255 g/mol. The minimum Gasteiger partial charge on any atom is -0.356 e. The van der Waals surface area contributed by atoms with Gasteiger partial charge in [0.25, 0.3) is 0 Å². The van der Waals surface area contributed by atoms with E-state index >= 15 is 0 Å². The number of aromatic nitrogens is 2. The van der Waals surface area contributed by atoms with E-state index in [9.17, 15) is 0 Å². The van der Waals surface area contributed by atoms with E-state index < -0.39 is 0 Å². The highest BCUT2D eigenvalue weighted by atomic mass is 32.2. The van der Waals surface area contributed by atoms with Crippen molar-refractivity contribution in [3.05, 3.63) is 5.82 Å². The molecule has 1 heterocycles. The van der Waals surface area contributed by atoms with Crippen LogP contribution in [0.1, 0.15) is 43.8 Å².